The molecule has 5 heteroatoms. The van der Waals surface area contributed by atoms with E-state index in [1.54, 1.807) is 6.92 Å². The molecule has 104 valence electrons. The standard InChI is InChI=1S/C15H18N4O/c1-4-12-5-7-13(8-6-12)11(3)18-19-15-16-10(2)9-14(20)17-15/h5-9H,4H2,1-3H3,(H2,16,17,19,20)/b18-11-. The van der Waals surface area contributed by atoms with Crippen LogP contribution in [0, 0.1) is 6.92 Å². The molecule has 1 aromatic carbocycles. The van der Waals surface area contributed by atoms with E-state index in [1.807, 2.05) is 19.1 Å². The van der Waals surface area contributed by atoms with Gasteiger partial charge >= 0.3 is 0 Å². The average molecular weight is 270 g/mol. The number of aryl methyl sites for hydroxylation is 2. The molecule has 0 aliphatic carbocycles. The van der Waals surface area contributed by atoms with Crippen molar-refractivity contribution in [2.45, 2.75) is 27.2 Å². The van der Waals surface area contributed by atoms with Crippen LogP contribution in [0.1, 0.15) is 30.7 Å². The first-order valence-corrected chi connectivity index (χ1v) is 6.56. The molecule has 5 nitrogen and oxygen atoms in total. The molecule has 2 aromatic rings. The van der Waals surface area contributed by atoms with Crippen LogP contribution in [-0.4, -0.2) is 15.7 Å². The van der Waals surface area contributed by atoms with Crippen molar-refractivity contribution >= 4 is 11.7 Å². The lowest BCUT2D eigenvalue weighted by Crippen LogP contribution is -2.11. The Kier molecular flexibility index (Phi) is 4.30. The minimum Gasteiger partial charge on any atom is -0.291 e. The predicted octanol–water partition coefficient (Wildman–Crippen LogP) is 2.48. The molecule has 0 atom stereocenters. The minimum absolute atomic E-state index is 0.194. The molecule has 0 aliphatic heterocycles. The molecule has 0 spiro atoms. The molecule has 0 bridgehead atoms. The maximum Gasteiger partial charge on any atom is 0.252 e. The highest BCUT2D eigenvalue weighted by Crippen LogP contribution is 2.07. The largest absolute Gasteiger partial charge is 0.291 e. The number of anilines is 1. The highest BCUT2D eigenvalue weighted by molar-refractivity contribution is 5.99. The van der Waals surface area contributed by atoms with E-state index < -0.39 is 0 Å². The van der Waals surface area contributed by atoms with Crippen LogP contribution in [0.5, 0.6) is 0 Å². The predicted molar refractivity (Wildman–Crippen MR) is 81.2 cm³/mol. The number of nitrogens with zero attached hydrogens (tertiary/aromatic N) is 2. The smallest absolute Gasteiger partial charge is 0.252 e. The van der Waals surface area contributed by atoms with E-state index in [0.29, 0.717) is 11.6 Å². The zero-order valence-corrected chi connectivity index (χ0v) is 11.9. The van der Waals surface area contributed by atoms with Gasteiger partial charge in [0.25, 0.3) is 5.56 Å². The monoisotopic (exact) mass is 270 g/mol. The lowest BCUT2D eigenvalue weighted by Gasteiger charge is -2.04. The molecule has 0 saturated heterocycles. The third kappa shape index (κ3) is 3.54. The highest BCUT2D eigenvalue weighted by Gasteiger charge is 1.99. The molecule has 2 N–H and O–H groups in total. The van der Waals surface area contributed by atoms with Gasteiger partial charge in [0.05, 0.1) is 5.71 Å². The lowest BCUT2D eigenvalue weighted by molar-refractivity contribution is 1.04. The van der Waals surface area contributed by atoms with Gasteiger partial charge in [0.15, 0.2) is 0 Å². The summed E-state index contributed by atoms with van der Waals surface area (Å²) in [6.45, 7) is 5.79. The Labute approximate surface area is 117 Å². The van der Waals surface area contributed by atoms with E-state index in [0.717, 1.165) is 17.7 Å². The molecular formula is C15H18N4O. The molecule has 0 fully saturated rings. The van der Waals surface area contributed by atoms with E-state index >= 15 is 0 Å². The van der Waals surface area contributed by atoms with Crippen molar-refractivity contribution in [3.05, 3.63) is 57.5 Å². The summed E-state index contributed by atoms with van der Waals surface area (Å²) in [4.78, 5) is 18.1. The maximum absolute atomic E-state index is 11.3. The fourth-order valence-corrected chi connectivity index (χ4v) is 1.82. The normalized spacial score (nSPS) is 11.4. The van der Waals surface area contributed by atoms with Crippen LogP contribution >= 0.6 is 0 Å². The third-order valence-corrected chi connectivity index (χ3v) is 2.98. The van der Waals surface area contributed by atoms with Crippen molar-refractivity contribution in [3.8, 4) is 0 Å². The lowest BCUT2D eigenvalue weighted by atomic mass is 10.1. The summed E-state index contributed by atoms with van der Waals surface area (Å²) < 4.78 is 0. The Morgan fingerprint density at radius 1 is 1.35 bits per heavy atom. The summed E-state index contributed by atoms with van der Waals surface area (Å²) in [6.07, 6.45) is 1.02. The van der Waals surface area contributed by atoms with Crippen LogP contribution < -0.4 is 11.0 Å². The molecule has 1 aromatic heterocycles. The number of benzene rings is 1. The molecule has 0 saturated carbocycles. The van der Waals surface area contributed by atoms with Gasteiger partial charge in [0.2, 0.25) is 5.95 Å². The minimum atomic E-state index is -0.194. The summed E-state index contributed by atoms with van der Waals surface area (Å²) in [5, 5.41) is 4.24. The van der Waals surface area contributed by atoms with Gasteiger partial charge < -0.3 is 0 Å². The first-order chi connectivity index (χ1) is 9.58. The quantitative estimate of drug-likeness (QED) is 0.662. The van der Waals surface area contributed by atoms with Gasteiger partial charge in [-0.1, -0.05) is 31.2 Å². The van der Waals surface area contributed by atoms with Crippen molar-refractivity contribution < 1.29 is 0 Å². The Bertz CT molecular complexity index is 671. The van der Waals surface area contributed by atoms with Crippen LogP contribution in [0.2, 0.25) is 0 Å². The fourth-order valence-electron chi connectivity index (χ4n) is 1.82. The molecule has 2 rings (SSSR count). The summed E-state index contributed by atoms with van der Waals surface area (Å²) in [6, 6.07) is 9.67. The van der Waals surface area contributed by atoms with Crippen molar-refractivity contribution in [1.29, 1.82) is 0 Å². The van der Waals surface area contributed by atoms with E-state index in [1.165, 1.54) is 11.6 Å². The van der Waals surface area contributed by atoms with E-state index in [4.69, 9.17) is 0 Å². The van der Waals surface area contributed by atoms with Crippen LogP contribution in [0.4, 0.5) is 5.95 Å². The van der Waals surface area contributed by atoms with Crippen molar-refractivity contribution in [1.82, 2.24) is 9.97 Å². The van der Waals surface area contributed by atoms with E-state index in [2.05, 4.69) is 39.6 Å². The zero-order valence-electron chi connectivity index (χ0n) is 11.9. The molecule has 1 heterocycles. The summed E-state index contributed by atoms with van der Waals surface area (Å²) in [5.41, 5.74) is 6.38. The highest BCUT2D eigenvalue weighted by atomic mass is 16.1. The topological polar surface area (TPSA) is 70.1 Å². The maximum atomic E-state index is 11.3. The van der Waals surface area contributed by atoms with Gasteiger partial charge in [-0.25, -0.2) is 10.4 Å². The SMILES string of the molecule is CCc1ccc(/C(C)=N\Nc2nc(C)cc(=O)[nH]2)cc1. The van der Waals surface area contributed by atoms with Crippen LogP contribution in [0.3, 0.4) is 0 Å². The molecular weight excluding hydrogens is 252 g/mol. The number of H-pyrrole nitrogens is 1. The Morgan fingerprint density at radius 3 is 2.65 bits per heavy atom. The van der Waals surface area contributed by atoms with Crippen LogP contribution in [0.15, 0.2) is 40.2 Å². The second kappa shape index (κ2) is 6.14. The molecule has 0 aliphatic rings. The summed E-state index contributed by atoms with van der Waals surface area (Å²) >= 11 is 0. The third-order valence-electron chi connectivity index (χ3n) is 2.98. The van der Waals surface area contributed by atoms with E-state index in [-0.39, 0.29) is 5.56 Å². The second-order valence-corrected chi connectivity index (χ2v) is 4.59. The number of hydrogen-bond acceptors (Lipinski definition) is 4. The molecule has 0 amide bonds. The Hall–Kier alpha value is -2.43. The fraction of sp³-hybridized carbons (Fsp3) is 0.267. The number of hydrazone groups is 1. The summed E-state index contributed by atoms with van der Waals surface area (Å²) in [7, 11) is 0. The average Bonchev–Trinajstić information content (AvgIpc) is 2.44. The van der Waals surface area contributed by atoms with Crippen LogP contribution in [0.25, 0.3) is 0 Å². The Morgan fingerprint density at radius 2 is 2.05 bits per heavy atom. The van der Waals surface area contributed by atoms with Gasteiger partial charge in [-0.15, -0.1) is 0 Å². The first kappa shape index (κ1) is 14.0. The number of rotatable bonds is 4. The van der Waals surface area contributed by atoms with Gasteiger partial charge in [-0.2, -0.15) is 5.10 Å². The first-order valence-electron chi connectivity index (χ1n) is 6.56. The number of hydrogen-bond donors (Lipinski definition) is 2. The summed E-state index contributed by atoms with van der Waals surface area (Å²) in [5.74, 6) is 0.347. The zero-order chi connectivity index (χ0) is 14.5. The van der Waals surface area contributed by atoms with Crippen molar-refractivity contribution in [2.24, 2.45) is 5.10 Å². The van der Waals surface area contributed by atoms with Gasteiger partial charge in [0, 0.05) is 11.8 Å². The van der Waals surface area contributed by atoms with E-state index in [9.17, 15) is 4.79 Å². The van der Waals surface area contributed by atoms with Gasteiger partial charge in [-0.3, -0.25) is 9.78 Å². The number of aromatic amines is 1. The molecule has 0 radical (unpaired) electrons. The van der Waals surface area contributed by atoms with Crippen LogP contribution in [-0.2, 0) is 6.42 Å². The van der Waals surface area contributed by atoms with Gasteiger partial charge in [-0.05, 0) is 31.4 Å². The number of nitrogens with one attached hydrogen (secondary N) is 2. The number of aromatic nitrogens is 2. The Balaban J connectivity index is 2.15. The van der Waals surface area contributed by atoms with Crippen molar-refractivity contribution in [2.75, 3.05) is 5.43 Å². The molecule has 20 heavy (non-hydrogen) atoms. The molecule has 0 unspecified atom stereocenters. The second-order valence-electron chi connectivity index (χ2n) is 4.59. The van der Waals surface area contributed by atoms with Crippen molar-refractivity contribution in [3.63, 3.8) is 0 Å². The van der Waals surface area contributed by atoms with Gasteiger partial charge in [0.1, 0.15) is 0 Å².